The number of ether oxygens (including phenoxy) is 3. The number of hydrogen-bond donors (Lipinski definition) is 0. The van der Waals surface area contributed by atoms with Crippen molar-refractivity contribution >= 4 is 41.0 Å². The standard InChI is InChI=1S/C31H30N2O8/c1-6-41-30(38)23-15(2)20-21-24(28(36)32(26(21)34)16-11-7-9-13-18(16)39-4)31(23,3)25-22(20)27(35)33(29(25)37)17-12-8-10-14-19(17)40-5/h7-14,20-22,24-25H,6H2,1-5H3/t20?,21-,22+,24-,25-,31?/m1/s1. The molecule has 2 heterocycles. The van der Waals surface area contributed by atoms with E-state index in [1.807, 2.05) is 0 Å². The first-order chi connectivity index (χ1) is 19.6. The molecule has 0 N–H and O–H groups in total. The Hall–Kier alpha value is -4.47. The number of amides is 4. The first kappa shape index (κ1) is 26.7. The zero-order chi connectivity index (χ0) is 29.4. The molecule has 2 saturated heterocycles. The van der Waals surface area contributed by atoms with Crippen molar-refractivity contribution in [3.63, 3.8) is 0 Å². The van der Waals surface area contributed by atoms with Gasteiger partial charge in [-0.25, -0.2) is 14.6 Å². The molecule has 1 saturated carbocycles. The molecule has 4 amide bonds. The zero-order valence-corrected chi connectivity index (χ0v) is 23.4. The van der Waals surface area contributed by atoms with Crippen molar-refractivity contribution < 1.29 is 38.2 Å². The number of hydrogen-bond acceptors (Lipinski definition) is 8. The van der Waals surface area contributed by atoms with Gasteiger partial charge in [0.05, 0.1) is 55.9 Å². The van der Waals surface area contributed by atoms with E-state index in [0.29, 0.717) is 17.1 Å². The third kappa shape index (κ3) is 3.27. The van der Waals surface area contributed by atoms with Crippen molar-refractivity contribution in [2.75, 3.05) is 30.6 Å². The van der Waals surface area contributed by atoms with Gasteiger partial charge in [0.2, 0.25) is 23.6 Å². The summed E-state index contributed by atoms with van der Waals surface area (Å²) in [5.41, 5.74) is -0.252. The van der Waals surface area contributed by atoms with E-state index in [4.69, 9.17) is 14.2 Å². The van der Waals surface area contributed by atoms with Crippen molar-refractivity contribution in [2.24, 2.45) is 35.0 Å². The average molecular weight is 559 g/mol. The molecule has 0 aromatic heterocycles. The van der Waals surface area contributed by atoms with E-state index in [-0.39, 0.29) is 23.6 Å². The number of para-hydroxylation sites is 4. The van der Waals surface area contributed by atoms with E-state index in [0.717, 1.165) is 9.80 Å². The summed E-state index contributed by atoms with van der Waals surface area (Å²) in [5.74, 6) is -6.95. The molecule has 2 aromatic carbocycles. The molecule has 6 atom stereocenters. The monoisotopic (exact) mass is 558 g/mol. The summed E-state index contributed by atoms with van der Waals surface area (Å²) < 4.78 is 16.3. The fourth-order valence-electron chi connectivity index (χ4n) is 7.91. The predicted octanol–water partition coefficient (Wildman–Crippen LogP) is 3.14. The normalized spacial score (nSPS) is 30.1. The van der Waals surface area contributed by atoms with Crippen LogP contribution in [0, 0.1) is 35.0 Å². The van der Waals surface area contributed by atoms with Crippen molar-refractivity contribution in [1.82, 2.24) is 0 Å². The number of anilines is 2. The lowest BCUT2D eigenvalue weighted by atomic mass is 9.43. The van der Waals surface area contributed by atoms with Gasteiger partial charge in [-0.3, -0.25) is 19.2 Å². The predicted molar refractivity (Wildman–Crippen MR) is 146 cm³/mol. The first-order valence-corrected chi connectivity index (χ1v) is 13.5. The first-order valence-electron chi connectivity index (χ1n) is 13.5. The summed E-state index contributed by atoms with van der Waals surface area (Å²) >= 11 is 0. The second-order valence-electron chi connectivity index (χ2n) is 11.0. The summed E-state index contributed by atoms with van der Waals surface area (Å²) in [5, 5.41) is 0. The Bertz CT molecular complexity index is 1470. The molecule has 2 unspecified atom stereocenters. The average Bonchev–Trinajstić information content (AvgIpc) is 3.39. The van der Waals surface area contributed by atoms with Crippen LogP contribution < -0.4 is 19.3 Å². The molecule has 3 aliphatic carbocycles. The van der Waals surface area contributed by atoms with E-state index < -0.39 is 64.6 Å². The Morgan fingerprint density at radius 1 is 0.756 bits per heavy atom. The maximum absolute atomic E-state index is 14.3. The highest BCUT2D eigenvalue weighted by Crippen LogP contribution is 2.69. The van der Waals surface area contributed by atoms with Gasteiger partial charge in [0, 0.05) is 16.9 Å². The number of carbonyl (C=O) groups is 5. The van der Waals surface area contributed by atoms with Gasteiger partial charge >= 0.3 is 5.97 Å². The Balaban J connectivity index is 1.56. The van der Waals surface area contributed by atoms with Gasteiger partial charge in [-0.05, 0) is 38.1 Å². The van der Waals surface area contributed by atoms with Crippen LogP contribution in [0.4, 0.5) is 11.4 Å². The van der Waals surface area contributed by atoms with Crippen LogP contribution in [0.2, 0.25) is 0 Å². The third-order valence-corrected chi connectivity index (χ3v) is 9.33. The molecule has 212 valence electrons. The molecule has 3 fully saturated rings. The van der Waals surface area contributed by atoms with E-state index in [2.05, 4.69) is 0 Å². The number of imide groups is 2. The zero-order valence-electron chi connectivity index (χ0n) is 23.4. The SMILES string of the molecule is CCOC(=O)C1=C(C)C2[C@H]3C(=O)N(c4ccccc4OC)C(=O)[C@@H]3C1(C)[C@H]1C(=O)N(c3ccccc3OC)C(=O)[C@@H]21. The number of carbonyl (C=O) groups excluding carboxylic acids is 5. The van der Waals surface area contributed by atoms with Crippen molar-refractivity contribution in [3.8, 4) is 11.5 Å². The lowest BCUT2D eigenvalue weighted by Gasteiger charge is -2.55. The minimum absolute atomic E-state index is 0.0823. The van der Waals surface area contributed by atoms with Gasteiger partial charge in [-0.15, -0.1) is 0 Å². The van der Waals surface area contributed by atoms with Crippen LogP contribution in [0.3, 0.4) is 0 Å². The molecule has 2 aliphatic heterocycles. The van der Waals surface area contributed by atoms with Crippen LogP contribution in [0.25, 0.3) is 0 Å². The summed E-state index contributed by atoms with van der Waals surface area (Å²) in [6.45, 7) is 5.11. The topological polar surface area (TPSA) is 120 Å². The maximum Gasteiger partial charge on any atom is 0.334 e. The molecule has 0 spiro atoms. The van der Waals surface area contributed by atoms with Gasteiger partial charge < -0.3 is 14.2 Å². The maximum atomic E-state index is 14.3. The fraction of sp³-hybridized carbons (Fsp3) is 0.387. The number of methoxy groups -OCH3 is 2. The number of esters is 1. The van der Waals surface area contributed by atoms with E-state index >= 15 is 0 Å². The second kappa shape index (κ2) is 9.29. The molecular formula is C31H30N2O8. The largest absolute Gasteiger partial charge is 0.495 e. The minimum atomic E-state index is -1.49. The number of rotatable bonds is 6. The fourth-order valence-corrected chi connectivity index (χ4v) is 7.91. The minimum Gasteiger partial charge on any atom is -0.495 e. The summed E-state index contributed by atoms with van der Waals surface area (Å²) in [6.07, 6.45) is 0. The van der Waals surface area contributed by atoms with Crippen LogP contribution in [-0.2, 0) is 28.7 Å². The lowest BCUT2D eigenvalue weighted by molar-refractivity contribution is -0.155. The van der Waals surface area contributed by atoms with Gasteiger partial charge in [-0.1, -0.05) is 36.8 Å². The van der Waals surface area contributed by atoms with Gasteiger partial charge in [-0.2, -0.15) is 0 Å². The smallest absolute Gasteiger partial charge is 0.334 e. The molecule has 10 heteroatoms. The molecule has 5 aliphatic rings. The molecular weight excluding hydrogens is 528 g/mol. The van der Waals surface area contributed by atoms with Crippen LogP contribution >= 0.6 is 0 Å². The number of benzene rings is 2. The second-order valence-corrected chi connectivity index (χ2v) is 11.0. The summed E-state index contributed by atoms with van der Waals surface area (Å²) in [4.78, 5) is 72.8. The van der Waals surface area contributed by atoms with E-state index in [1.165, 1.54) is 14.2 Å². The highest BCUT2D eigenvalue weighted by molar-refractivity contribution is 6.28. The molecule has 10 nitrogen and oxygen atoms in total. The highest BCUT2D eigenvalue weighted by atomic mass is 16.5. The molecule has 2 bridgehead atoms. The lowest BCUT2D eigenvalue weighted by Crippen LogP contribution is -2.61. The quantitative estimate of drug-likeness (QED) is 0.392. The van der Waals surface area contributed by atoms with Crippen molar-refractivity contribution in [3.05, 3.63) is 59.7 Å². The molecule has 2 aromatic rings. The van der Waals surface area contributed by atoms with Gasteiger partial charge in [0.25, 0.3) is 0 Å². The molecule has 7 rings (SSSR count). The van der Waals surface area contributed by atoms with Crippen LogP contribution in [0.5, 0.6) is 11.5 Å². The van der Waals surface area contributed by atoms with Crippen LogP contribution in [-0.4, -0.2) is 50.4 Å². The molecule has 41 heavy (non-hydrogen) atoms. The van der Waals surface area contributed by atoms with E-state index in [9.17, 15) is 24.0 Å². The number of nitrogens with zero attached hydrogens (tertiary/aromatic N) is 2. The van der Waals surface area contributed by atoms with Gasteiger partial charge in [0.15, 0.2) is 0 Å². The van der Waals surface area contributed by atoms with E-state index in [1.54, 1.807) is 69.3 Å². The summed E-state index contributed by atoms with van der Waals surface area (Å²) in [6, 6.07) is 13.4. The van der Waals surface area contributed by atoms with Crippen molar-refractivity contribution in [2.45, 2.75) is 20.8 Å². The summed E-state index contributed by atoms with van der Waals surface area (Å²) in [7, 11) is 2.89. The highest BCUT2D eigenvalue weighted by Gasteiger charge is 2.77. The van der Waals surface area contributed by atoms with Gasteiger partial charge in [0.1, 0.15) is 11.5 Å². The number of allylic oxidation sites excluding steroid dienone is 1. The van der Waals surface area contributed by atoms with Crippen LogP contribution in [0.1, 0.15) is 20.8 Å². The molecule has 0 radical (unpaired) electrons. The Morgan fingerprint density at radius 3 is 1.61 bits per heavy atom. The Morgan fingerprint density at radius 2 is 1.20 bits per heavy atom. The Kier molecular flexibility index (Phi) is 6.06. The van der Waals surface area contributed by atoms with Crippen LogP contribution in [0.15, 0.2) is 59.7 Å². The third-order valence-electron chi connectivity index (χ3n) is 9.33. The van der Waals surface area contributed by atoms with Crippen molar-refractivity contribution in [1.29, 1.82) is 0 Å². The Labute approximate surface area is 236 Å².